The first kappa shape index (κ1) is 18.6. The molecule has 0 fully saturated rings. The summed E-state index contributed by atoms with van der Waals surface area (Å²) in [5.74, 6) is 1.03. The molecule has 6 heteroatoms. The van der Waals surface area contributed by atoms with Crippen molar-refractivity contribution in [1.82, 2.24) is 19.9 Å². The van der Waals surface area contributed by atoms with Crippen LogP contribution in [0.1, 0.15) is 36.8 Å². The van der Waals surface area contributed by atoms with Crippen molar-refractivity contribution in [2.45, 2.75) is 42.8 Å². The summed E-state index contributed by atoms with van der Waals surface area (Å²) in [6, 6.07) is 10.7. The monoisotopic (exact) mass is 370 g/mol. The van der Waals surface area contributed by atoms with Gasteiger partial charge in [-0.25, -0.2) is 9.37 Å². The number of nitrogens with zero attached hydrogens (tertiary/aromatic N) is 3. The second-order valence-corrected chi connectivity index (χ2v) is 7.47. The fourth-order valence-electron chi connectivity index (χ4n) is 2.76. The Labute approximate surface area is 157 Å². The average molecular weight is 370 g/mol. The molecule has 3 rings (SSSR count). The predicted octanol–water partition coefficient (Wildman–Crippen LogP) is 4.46. The maximum absolute atomic E-state index is 13.6. The number of halogens is 1. The minimum atomic E-state index is -0.225. The third-order valence-electron chi connectivity index (χ3n) is 4.01. The topological polar surface area (TPSA) is 42.7 Å². The highest BCUT2D eigenvalue weighted by molar-refractivity contribution is 7.99. The summed E-state index contributed by atoms with van der Waals surface area (Å²) in [4.78, 5) is 9.85. The highest BCUT2D eigenvalue weighted by Crippen LogP contribution is 2.35. The Morgan fingerprint density at radius 3 is 2.62 bits per heavy atom. The van der Waals surface area contributed by atoms with E-state index in [2.05, 4.69) is 28.7 Å². The van der Waals surface area contributed by atoms with Crippen molar-refractivity contribution >= 4 is 11.8 Å². The Kier molecular flexibility index (Phi) is 6.06. The molecule has 0 aliphatic heterocycles. The summed E-state index contributed by atoms with van der Waals surface area (Å²) < 4.78 is 15.9. The van der Waals surface area contributed by atoms with Crippen LogP contribution in [0.4, 0.5) is 4.39 Å². The van der Waals surface area contributed by atoms with E-state index in [0.29, 0.717) is 13.1 Å². The molecule has 0 spiro atoms. The molecule has 0 bridgehead atoms. The second kappa shape index (κ2) is 8.47. The first-order valence-corrected chi connectivity index (χ1v) is 9.46. The zero-order valence-electron chi connectivity index (χ0n) is 15.2. The zero-order chi connectivity index (χ0) is 18.5. The van der Waals surface area contributed by atoms with Crippen molar-refractivity contribution in [3.8, 4) is 0 Å². The van der Waals surface area contributed by atoms with Gasteiger partial charge >= 0.3 is 0 Å². The van der Waals surface area contributed by atoms with E-state index in [0.717, 1.165) is 27.0 Å². The quantitative estimate of drug-likeness (QED) is 0.667. The molecule has 1 N–H and O–H groups in total. The number of aromatic nitrogens is 3. The molecule has 136 valence electrons. The van der Waals surface area contributed by atoms with Crippen LogP contribution in [-0.4, -0.2) is 21.6 Å². The lowest BCUT2D eigenvalue weighted by Gasteiger charge is -2.13. The van der Waals surface area contributed by atoms with Crippen molar-refractivity contribution in [1.29, 1.82) is 0 Å². The number of nitrogens with one attached hydrogen (secondary N) is 1. The summed E-state index contributed by atoms with van der Waals surface area (Å²) in [6.45, 7) is 5.65. The van der Waals surface area contributed by atoms with Crippen molar-refractivity contribution in [3.05, 3.63) is 71.7 Å². The molecule has 0 amide bonds. The Bertz CT molecular complexity index is 862. The minimum absolute atomic E-state index is 0.225. The van der Waals surface area contributed by atoms with Gasteiger partial charge in [-0.1, -0.05) is 31.7 Å². The number of pyridine rings is 1. The van der Waals surface area contributed by atoms with Gasteiger partial charge in [0.05, 0.1) is 12.2 Å². The van der Waals surface area contributed by atoms with Gasteiger partial charge in [-0.05, 0) is 48.9 Å². The van der Waals surface area contributed by atoms with E-state index < -0.39 is 0 Å². The molecule has 0 atom stereocenters. The van der Waals surface area contributed by atoms with Gasteiger partial charge in [-0.15, -0.1) is 0 Å². The van der Waals surface area contributed by atoms with Crippen LogP contribution < -0.4 is 5.32 Å². The van der Waals surface area contributed by atoms with Crippen LogP contribution in [0.15, 0.2) is 58.7 Å². The van der Waals surface area contributed by atoms with E-state index in [9.17, 15) is 4.39 Å². The highest BCUT2D eigenvalue weighted by Gasteiger charge is 2.20. The summed E-state index contributed by atoms with van der Waals surface area (Å²) in [5.41, 5.74) is 2.20. The van der Waals surface area contributed by atoms with Gasteiger partial charge < -0.3 is 9.88 Å². The van der Waals surface area contributed by atoms with Crippen LogP contribution >= 0.6 is 11.8 Å². The van der Waals surface area contributed by atoms with Crippen LogP contribution in [0.5, 0.6) is 0 Å². The first-order valence-electron chi connectivity index (χ1n) is 8.64. The van der Waals surface area contributed by atoms with Crippen molar-refractivity contribution in [2.75, 3.05) is 7.05 Å². The lowest BCUT2D eigenvalue weighted by atomic mass is 10.1. The maximum atomic E-state index is 13.6. The fraction of sp³-hybridized carbons (Fsp3) is 0.300. The lowest BCUT2D eigenvalue weighted by molar-refractivity contribution is 0.623. The normalized spacial score (nSPS) is 11.3. The molecule has 0 saturated carbocycles. The van der Waals surface area contributed by atoms with Crippen LogP contribution in [0.25, 0.3) is 0 Å². The minimum Gasteiger partial charge on any atom is -0.317 e. The van der Waals surface area contributed by atoms with Gasteiger partial charge in [-0.2, -0.15) is 0 Å². The van der Waals surface area contributed by atoms with E-state index in [1.165, 1.54) is 6.07 Å². The predicted molar refractivity (Wildman–Crippen MR) is 103 cm³/mol. The molecule has 1 aromatic carbocycles. The summed E-state index contributed by atoms with van der Waals surface area (Å²) >= 11 is 1.57. The second-order valence-electron chi connectivity index (χ2n) is 6.40. The number of hydrogen-bond donors (Lipinski definition) is 1. The smallest absolute Gasteiger partial charge is 0.124 e. The Morgan fingerprint density at radius 2 is 1.96 bits per heavy atom. The SMILES string of the molecule is CNCc1nc(C(C)C)c(Sc2cccc(F)c2)n1Cc1ccncc1. The molecule has 2 heterocycles. The van der Waals surface area contributed by atoms with Crippen LogP contribution in [-0.2, 0) is 13.1 Å². The van der Waals surface area contributed by atoms with Crippen LogP contribution in [0.2, 0.25) is 0 Å². The van der Waals surface area contributed by atoms with E-state index in [1.807, 2.05) is 25.2 Å². The van der Waals surface area contributed by atoms with Gasteiger partial charge in [0.25, 0.3) is 0 Å². The molecular weight excluding hydrogens is 347 g/mol. The summed E-state index contributed by atoms with van der Waals surface area (Å²) in [6.07, 6.45) is 3.60. The third-order valence-corrected chi connectivity index (χ3v) is 5.12. The van der Waals surface area contributed by atoms with E-state index in [1.54, 1.807) is 36.3 Å². The van der Waals surface area contributed by atoms with E-state index in [-0.39, 0.29) is 11.7 Å². The van der Waals surface area contributed by atoms with Crippen molar-refractivity contribution in [2.24, 2.45) is 0 Å². The number of hydrogen-bond acceptors (Lipinski definition) is 4. The molecule has 0 radical (unpaired) electrons. The van der Waals surface area contributed by atoms with E-state index in [4.69, 9.17) is 4.98 Å². The molecule has 0 aliphatic rings. The summed E-state index contributed by atoms with van der Waals surface area (Å²) in [7, 11) is 1.92. The first-order chi connectivity index (χ1) is 12.6. The molecule has 0 saturated heterocycles. The number of rotatable bonds is 7. The Balaban J connectivity index is 2.06. The van der Waals surface area contributed by atoms with Gasteiger partial charge in [0.2, 0.25) is 0 Å². The third kappa shape index (κ3) is 4.31. The fourth-order valence-corrected chi connectivity index (χ4v) is 3.96. The maximum Gasteiger partial charge on any atom is 0.124 e. The molecule has 4 nitrogen and oxygen atoms in total. The molecular formula is C20H23FN4S. The molecule has 26 heavy (non-hydrogen) atoms. The Morgan fingerprint density at radius 1 is 1.19 bits per heavy atom. The van der Waals surface area contributed by atoms with Gasteiger partial charge in [0.1, 0.15) is 16.7 Å². The van der Waals surface area contributed by atoms with Gasteiger partial charge in [0.15, 0.2) is 0 Å². The molecule has 3 aromatic rings. The summed E-state index contributed by atoms with van der Waals surface area (Å²) in [5, 5.41) is 4.26. The number of imidazole rings is 1. The van der Waals surface area contributed by atoms with Gasteiger partial charge in [0, 0.05) is 23.8 Å². The lowest BCUT2D eigenvalue weighted by Crippen LogP contribution is -2.13. The molecule has 2 aromatic heterocycles. The van der Waals surface area contributed by atoms with Crippen LogP contribution in [0.3, 0.4) is 0 Å². The van der Waals surface area contributed by atoms with E-state index >= 15 is 0 Å². The number of benzene rings is 1. The zero-order valence-corrected chi connectivity index (χ0v) is 16.1. The average Bonchev–Trinajstić information content (AvgIpc) is 2.94. The van der Waals surface area contributed by atoms with Crippen LogP contribution in [0, 0.1) is 5.82 Å². The molecule has 0 unspecified atom stereocenters. The highest BCUT2D eigenvalue weighted by atomic mass is 32.2. The largest absolute Gasteiger partial charge is 0.317 e. The van der Waals surface area contributed by atoms with Crippen molar-refractivity contribution in [3.63, 3.8) is 0 Å². The standard InChI is InChI=1S/C20H23FN4S/c1-14(2)19-20(26-17-6-4-5-16(21)11-17)25(18(24-19)12-22-3)13-15-7-9-23-10-8-15/h4-11,14,22H,12-13H2,1-3H3. The van der Waals surface area contributed by atoms with Crippen molar-refractivity contribution < 1.29 is 4.39 Å². The Hall–Kier alpha value is -2.18. The van der Waals surface area contributed by atoms with Gasteiger partial charge in [-0.3, -0.25) is 4.98 Å². The molecule has 0 aliphatic carbocycles.